The van der Waals surface area contributed by atoms with E-state index in [4.69, 9.17) is 11.2 Å². The summed E-state index contributed by atoms with van der Waals surface area (Å²) in [7, 11) is 0. The Hall–Kier alpha value is -1.17. The molecule has 1 N–H and O–H groups in total. The largest absolute Gasteiger partial charge is 0.444 e. The minimum absolute atomic E-state index is 0.0774. The summed E-state index contributed by atoms with van der Waals surface area (Å²) in [6.07, 6.45) is 9.32. The second-order valence-corrected chi connectivity index (χ2v) is 5.31. The van der Waals surface area contributed by atoms with Gasteiger partial charge in [0.15, 0.2) is 0 Å². The second kappa shape index (κ2) is 5.25. The van der Waals surface area contributed by atoms with Crippen molar-refractivity contribution in [2.75, 3.05) is 0 Å². The zero-order chi connectivity index (χ0) is 12.2. The summed E-state index contributed by atoms with van der Waals surface area (Å²) in [5.74, 6) is 2.91. The molecule has 0 aliphatic heterocycles. The van der Waals surface area contributed by atoms with Crippen LogP contribution in [0.3, 0.4) is 0 Å². The Labute approximate surface area is 97.9 Å². The maximum atomic E-state index is 11.6. The molecule has 0 bridgehead atoms. The van der Waals surface area contributed by atoms with Crippen LogP contribution in [0.5, 0.6) is 0 Å². The summed E-state index contributed by atoms with van der Waals surface area (Å²) >= 11 is 0. The number of amides is 1. The van der Waals surface area contributed by atoms with Gasteiger partial charge in [0.1, 0.15) is 5.60 Å². The molecule has 0 unspecified atom stereocenters. The lowest BCUT2D eigenvalue weighted by atomic mass is 9.85. The lowest BCUT2D eigenvalue weighted by Crippen LogP contribution is -2.44. The van der Waals surface area contributed by atoms with E-state index >= 15 is 0 Å². The highest BCUT2D eigenvalue weighted by Crippen LogP contribution is 2.24. The van der Waals surface area contributed by atoms with E-state index in [0.29, 0.717) is 0 Å². The molecule has 0 aromatic carbocycles. The maximum Gasteiger partial charge on any atom is 0.407 e. The predicted octanol–water partition coefficient (Wildman–Crippen LogP) is 2.70. The van der Waals surface area contributed by atoms with Crippen LogP contribution in [0.4, 0.5) is 4.79 Å². The van der Waals surface area contributed by atoms with Gasteiger partial charge in [0.2, 0.25) is 0 Å². The van der Waals surface area contributed by atoms with Crippen molar-refractivity contribution in [2.24, 2.45) is 5.92 Å². The summed E-state index contributed by atoms with van der Waals surface area (Å²) in [6.45, 7) is 5.56. The quantitative estimate of drug-likeness (QED) is 0.694. The summed E-state index contributed by atoms with van der Waals surface area (Å²) in [4.78, 5) is 11.6. The highest BCUT2D eigenvalue weighted by atomic mass is 16.6. The average molecular weight is 223 g/mol. The maximum absolute atomic E-state index is 11.6. The predicted molar refractivity (Wildman–Crippen MR) is 63.9 cm³/mol. The standard InChI is InChI=1S/C13H21NO2/c1-5-10-8-6-7-9-11(10)14-12(15)16-13(2,3)4/h1,10-11H,6-9H2,2-4H3,(H,14,15)/t10-,11+/m0/s1. The number of terminal acetylenes is 1. The first kappa shape index (κ1) is 12.9. The second-order valence-electron chi connectivity index (χ2n) is 5.31. The van der Waals surface area contributed by atoms with Crippen LogP contribution in [0.25, 0.3) is 0 Å². The van der Waals surface area contributed by atoms with E-state index in [1.165, 1.54) is 0 Å². The van der Waals surface area contributed by atoms with E-state index in [2.05, 4.69) is 11.2 Å². The van der Waals surface area contributed by atoms with Gasteiger partial charge in [0, 0.05) is 12.0 Å². The number of hydrogen-bond acceptors (Lipinski definition) is 2. The van der Waals surface area contributed by atoms with Gasteiger partial charge in [0.25, 0.3) is 0 Å². The first-order valence-electron chi connectivity index (χ1n) is 5.88. The Morgan fingerprint density at radius 1 is 1.38 bits per heavy atom. The molecule has 1 aliphatic carbocycles. The Balaban J connectivity index is 2.46. The van der Waals surface area contributed by atoms with Crippen LogP contribution in [0.15, 0.2) is 0 Å². The molecule has 16 heavy (non-hydrogen) atoms. The Bertz CT molecular complexity index is 285. The highest BCUT2D eigenvalue weighted by molar-refractivity contribution is 5.68. The van der Waals surface area contributed by atoms with Crippen LogP contribution < -0.4 is 5.32 Å². The molecular weight excluding hydrogens is 202 g/mol. The number of ether oxygens (including phenoxy) is 1. The molecule has 90 valence electrons. The van der Waals surface area contributed by atoms with Gasteiger partial charge in [-0.2, -0.15) is 0 Å². The summed E-state index contributed by atoms with van der Waals surface area (Å²) < 4.78 is 5.21. The van der Waals surface area contributed by atoms with Gasteiger partial charge in [0.05, 0.1) is 0 Å². The van der Waals surface area contributed by atoms with Crippen molar-refractivity contribution in [2.45, 2.75) is 58.1 Å². The molecule has 0 radical (unpaired) electrons. The van der Waals surface area contributed by atoms with E-state index in [-0.39, 0.29) is 18.1 Å². The molecule has 0 aromatic heterocycles. The van der Waals surface area contributed by atoms with E-state index < -0.39 is 5.60 Å². The minimum atomic E-state index is -0.454. The number of carbonyl (C=O) groups excluding carboxylic acids is 1. The molecule has 3 heteroatoms. The summed E-state index contributed by atoms with van der Waals surface area (Å²) in [5, 5.41) is 2.87. The van der Waals surface area contributed by atoms with Crippen molar-refractivity contribution in [1.29, 1.82) is 0 Å². The fourth-order valence-corrected chi connectivity index (χ4v) is 1.96. The van der Waals surface area contributed by atoms with E-state index in [1.54, 1.807) is 0 Å². The fraction of sp³-hybridized carbons (Fsp3) is 0.769. The number of alkyl carbamates (subject to hydrolysis) is 1. The van der Waals surface area contributed by atoms with Crippen molar-refractivity contribution in [1.82, 2.24) is 5.32 Å². The lowest BCUT2D eigenvalue weighted by molar-refractivity contribution is 0.0481. The first-order chi connectivity index (χ1) is 7.42. The SMILES string of the molecule is C#C[C@H]1CCCC[C@H]1NC(=O)OC(C)(C)C. The summed E-state index contributed by atoms with van der Waals surface area (Å²) in [5.41, 5.74) is -0.454. The molecule has 1 saturated carbocycles. The first-order valence-corrected chi connectivity index (χ1v) is 5.88. The van der Waals surface area contributed by atoms with Gasteiger partial charge in [-0.3, -0.25) is 0 Å². The van der Waals surface area contributed by atoms with Gasteiger partial charge in [-0.25, -0.2) is 4.79 Å². The lowest BCUT2D eigenvalue weighted by Gasteiger charge is -2.29. The number of rotatable bonds is 1. The highest BCUT2D eigenvalue weighted by Gasteiger charge is 2.26. The van der Waals surface area contributed by atoms with Crippen molar-refractivity contribution in [3.63, 3.8) is 0 Å². The molecule has 1 fully saturated rings. The van der Waals surface area contributed by atoms with Gasteiger partial charge in [-0.15, -0.1) is 12.3 Å². The average Bonchev–Trinajstić information content (AvgIpc) is 2.15. The molecule has 0 aromatic rings. The van der Waals surface area contributed by atoms with Crippen LogP contribution in [0.1, 0.15) is 46.5 Å². The van der Waals surface area contributed by atoms with Crippen LogP contribution in [0, 0.1) is 18.3 Å². The minimum Gasteiger partial charge on any atom is -0.444 e. The molecule has 1 rings (SSSR count). The van der Waals surface area contributed by atoms with Gasteiger partial charge >= 0.3 is 6.09 Å². The van der Waals surface area contributed by atoms with Crippen LogP contribution in [-0.2, 0) is 4.74 Å². The van der Waals surface area contributed by atoms with E-state index in [9.17, 15) is 4.79 Å². The number of carbonyl (C=O) groups is 1. The van der Waals surface area contributed by atoms with E-state index in [1.807, 2.05) is 20.8 Å². The summed E-state index contributed by atoms with van der Waals surface area (Å²) in [6, 6.07) is 0.0774. The third kappa shape index (κ3) is 4.14. The molecule has 1 amide bonds. The molecular formula is C13H21NO2. The van der Waals surface area contributed by atoms with Crippen LogP contribution >= 0.6 is 0 Å². The fourth-order valence-electron chi connectivity index (χ4n) is 1.96. The normalized spacial score (nSPS) is 25.6. The molecule has 1 aliphatic rings. The Morgan fingerprint density at radius 2 is 2.00 bits per heavy atom. The third-order valence-electron chi connectivity index (χ3n) is 2.68. The molecule has 0 saturated heterocycles. The zero-order valence-electron chi connectivity index (χ0n) is 10.4. The monoisotopic (exact) mass is 223 g/mol. The molecule has 2 atom stereocenters. The number of hydrogen-bond donors (Lipinski definition) is 1. The molecule has 0 heterocycles. The topological polar surface area (TPSA) is 38.3 Å². The molecule has 0 spiro atoms. The van der Waals surface area contributed by atoms with Crippen LogP contribution in [-0.4, -0.2) is 17.7 Å². The van der Waals surface area contributed by atoms with Crippen molar-refractivity contribution >= 4 is 6.09 Å². The Morgan fingerprint density at radius 3 is 2.56 bits per heavy atom. The van der Waals surface area contributed by atoms with Crippen molar-refractivity contribution < 1.29 is 9.53 Å². The van der Waals surface area contributed by atoms with Gasteiger partial charge in [-0.05, 0) is 33.6 Å². The van der Waals surface area contributed by atoms with Crippen LogP contribution in [0.2, 0.25) is 0 Å². The van der Waals surface area contributed by atoms with Crippen molar-refractivity contribution in [3.8, 4) is 12.3 Å². The third-order valence-corrected chi connectivity index (χ3v) is 2.68. The Kier molecular flexibility index (Phi) is 4.23. The molecule has 3 nitrogen and oxygen atoms in total. The van der Waals surface area contributed by atoms with Gasteiger partial charge < -0.3 is 10.1 Å². The van der Waals surface area contributed by atoms with Gasteiger partial charge in [-0.1, -0.05) is 12.8 Å². The van der Waals surface area contributed by atoms with Crippen molar-refractivity contribution in [3.05, 3.63) is 0 Å². The smallest absolute Gasteiger partial charge is 0.407 e. The van der Waals surface area contributed by atoms with E-state index in [0.717, 1.165) is 25.7 Å². The zero-order valence-corrected chi connectivity index (χ0v) is 10.4. The number of nitrogens with one attached hydrogen (secondary N) is 1.